The molecule has 2 aliphatic rings. The number of likely N-dealkylation sites (tertiary alicyclic amines) is 2. The number of nitrogens with zero attached hydrogens (tertiary/aromatic N) is 2. The van der Waals surface area contributed by atoms with Crippen molar-refractivity contribution in [2.75, 3.05) is 33.2 Å². The number of benzene rings is 2. The minimum absolute atomic E-state index is 0.122. The molecule has 2 saturated heterocycles. The van der Waals surface area contributed by atoms with E-state index < -0.39 is 0 Å². The van der Waals surface area contributed by atoms with Crippen LogP contribution in [0.5, 0.6) is 0 Å². The van der Waals surface area contributed by atoms with E-state index in [1.807, 2.05) is 6.07 Å². The first-order chi connectivity index (χ1) is 11.7. The zero-order valence-electron chi connectivity index (χ0n) is 14.2. The first-order valence-electron chi connectivity index (χ1n) is 8.92. The summed E-state index contributed by atoms with van der Waals surface area (Å²) in [7, 11) is 2.18. The Morgan fingerprint density at radius 3 is 2.62 bits per heavy atom. The second-order valence-corrected chi connectivity index (χ2v) is 7.36. The summed E-state index contributed by atoms with van der Waals surface area (Å²) in [4.78, 5) is 5.01. The molecule has 0 N–H and O–H groups in total. The van der Waals surface area contributed by atoms with Crippen LogP contribution in [0.3, 0.4) is 0 Å². The van der Waals surface area contributed by atoms with Gasteiger partial charge in [0.05, 0.1) is 0 Å². The molecule has 3 heteroatoms. The maximum absolute atomic E-state index is 13.6. The summed E-state index contributed by atoms with van der Waals surface area (Å²) in [5, 5.41) is 0. The van der Waals surface area contributed by atoms with E-state index in [4.69, 9.17) is 0 Å². The number of rotatable bonds is 4. The first kappa shape index (κ1) is 15.8. The fourth-order valence-corrected chi connectivity index (χ4v) is 4.66. The normalized spacial score (nSPS) is 27.5. The largest absolute Gasteiger partial charge is 0.302 e. The molecule has 0 radical (unpaired) electrons. The van der Waals surface area contributed by atoms with Crippen molar-refractivity contribution in [2.24, 2.45) is 11.8 Å². The molecule has 0 unspecified atom stereocenters. The Kier molecular flexibility index (Phi) is 4.38. The Bertz CT molecular complexity index is 687. The third-order valence-electron chi connectivity index (χ3n) is 5.72. The van der Waals surface area contributed by atoms with Gasteiger partial charge in [0, 0.05) is 32.2 Å². The van der Waals surface area contributed by atoms with E-state index in [2.05, 4.69) is 53.2 Å². The van der Waals surface area contributed by atoms with E-state index in [0.29, 0.717) is 17.9 Å². The molecule has 126 valence electrons. The third-order valence-corrected chi connectivity index (χ3v) is 5.72. The molecule has 2 aromatic carbocycles. The van der Waals surface area contributed by atoms with Crippen molar-refractivity contribution >= 4 is 0 Å². The van der Waals surface area contributed by atoms with Crippen molar-refractivity contribution in [2.45, 2.75) is 12.5 Å². The van der Waals surface area contributed by atoms with Gasteiger partial charge in [-0.3, -0.25) is 4.90 Å². The maximum Gasteiger partial charge on any atom is 0.123 e. The minimum Gasteiger partial charge on any atom is -0.302 e. The van der Waals surface area contributed by atoms with Crippen LogP contribution in [0.25, 0.3) is 0 Å². The summed E-state index contributed by atoms with van der Waals surface area (Å²) >= 11 is 0. The molecule has 0 saturated carbocycles. The van der Waals surface area contributed by atoms with Gasteiger partial charge in [-0.05, 0) is 48.6 Å². The molecule has 0 spiro atoms. The first-order valence-corrected chi connectivity index (χ1v) is 8.92. The van der Waals surface area contributed by atoms with Crippen LogP contribution >= 0.6 is 0 Å². The fraction of sp³-hybridized carbons (Fsp3) is 0.429. The lowest BCUT2D eigenvalue weighted by atomic mass is 9.89. The van der Waals surface area contributed by atoms with Gasteiger partial charge in [0.25, 0.3) is 0 Å². The van der Waals surface area contributed by atoms with Crippen molar-refractivity contribution in [3.8, 4) is 0 Å². The van der Waals surface area contributed by atoms with Crippen LogP contribution in [-0.4, -0.2) is 43.0 Å². The molecule has 2 fully saturated rings. The van der Waals surface area contributed by atoms with Crippen molar-refractivity contribution in [3.63, 3.8) is 0 Å². The summed E-state index contributed by atoms with van der Waals surface area (Å²) in [5.74, 6) is 1.20. The van der Waals surface area contributed by atoms with Crippen molar-refractivity contribution in [1.82, 2.24) is 9.80 Å². The van der Waals surface area contributed by atoms with Gasteiger partial charge in [0.15, 0.2) is 0 Å². The molecule has 0 amide bonds. The monoisotopic (exact) mass is 324 g/mol. The van der Waals surface area contributed by atoms with E-state index in [-0.39, 0.29) is 5.82 Å². The summed E-state index contributed by atoms with van der Waals surface area (Å²) in [6.45, 7) is 4.54. The van der Waals surface area contributed by atoms with Gasteiger partial charge < -0.3 is 4.90 Å². The number of fused-ring (bicyclic) bond motifs is 1. The lowest BCUT2D eigenvalue weighted by molar-refractivity contribution is 0.229. The van der Waals surface area contributed by atoms with Crippen LogP contribution in [0.15, 0.2) is 54.6 Å². The van der Waals surface area contributed by atoms with Crippen LogP contribution in [0.1, 0.15) is 17.2 Å². The van der Waals surface area contributed by atoms with Crippen LogP contribution in [-0.2, 0) is 6.42 Å². The molecule has 2 nitrogen and oxygen atoms in total. The fourth-order valence-electron chi connectivity index (χ4n) is 4.66. The third kappa shape index (κ3) is 3.11. The summed E-state index contributed by atoms with van der Waals surface area (Å²) in [6, 6.07) is 18.3. The molecule has 4 rings (SSSR count). The summed E-state index contributed by atoms with van der Waals surface area (Å²) in [6.07, 6.45) is 1.11. The quantitative estimate of drug-likeness (QED) is 0.848. The maximum atomic E-state index is 13.6. The number of hydrogen-bond acceptors (Lipinski definition) is 2. The highest BCUT2D eigenvalue weighted by molar-refractivity contribution is 5.24. The summed E-state index contributed by atoms with van der Waals surface area (Å²) < 4.78 is 13.6. The Morgan fingerprint density at radius 2 is 1.83 bits per heavy atom. The SMILES string of the molecule is CN1C[C@H]2CN(CCc3ccccc3)C[C@H]2[C@@H]1c1cccc(F)c1. The molecule has 0 aliphatic carbocycles. The molecule has 3 atom stereocenters. The van der Waals surface area contributed by atoms with Gasteiger partial charge in [-0.25, -0.2) is 4.39 Å². The molecular weight excluding hydrogens is 299 g/mol. The zero-order chi connectivity index (χ0) is 16.5. The van der Waals surface area contributed by atoms with E-state index in [1.54, 1.807) is 6.07 Å². The van der Waals surface area contributed by atoms with E-state index in [1.165, 1.54) is 18.2 Å². The van der Waals surface area contributed by atoms with Gasteiger partial charge in [0.1, 0.15) is 5.82 Å². The molecule has 2 heterocycles. The molecule has 2 aliphatic heterocycles. The topological polar surface area (TPSA) is 6.48 Å². The second kappa shape index (κ2) is 6.66. The predicted molar refractivity (Wildman–Crippen MR) is 95.3 cm³/mol. The molecule has 2 aromatic rings. The molecule has 0 aromatic heterocycles. The highest BCUT2D eigenvalue weighted by atomic mass is 19.1. The number of halogens is 1. The highest BCUT2D eigenvalue weighted by Gasteiger charge is 2.45. The Hall–Kier alpha value is -1.71. The standard InChI is InChI=1S/C21H25FN2/c1-23-13-18-14-24(11-10-16-6-3-2-4-7-16)15-20(18)21(23)17-8-5-9-19(22)12-17/h2-9,12,18,20-21H,10-11,13-15H2,1H3/t18-,20+,21-/m0/s1. The van der Waals surface area contributed by atoms with E-state index in [0.717, 1.165) is 31.6 Å². The van der Waals surface area contributed by atoms with Gasteiger partial charge in [0.2, 0.25) is 0 Å². The lowest BCUT2D eigenvalue weighted by Crippen LogP contribution is -2.30. The van der Waals surface area contributed by atoms with Gasteiger partial charge in [-0.2, -0.15) is 0 Å². The molecule has 24 heavy (non-hydrogen) atoms. The van der Waals surface area contributed by atoms with Crippen LogP contribution < -0.4 is 0 Å². The Labute approximate surface area is 143 Å². The predicted octanol–water partition coefficient (Wildman–Crippen LogP) is 3.60. The molecule has 0 bridgehead atoms. The van der Waals surface area contributed by atoms with E-state index in [9.17, 15) is 4.39 Å². The van der Waals surface area contributed by atoms with Crippen LogP contribution in [0.2, 0.25) is 0 Å². The highest BCUT2D eigenvalue weighted by Crippen LogP contribution is 2.44. The van der Waals surface area contributed by atoms with Crippen molar-refractivity contribution < 1.29 is 4.39 Å². The van der Waals surface area contributed by atoms with Gasteiger partial charge in [-0.1, -0.05) is 42.5 Å². The second-order valence-electron chi connectivity index (χ2n) is 7.36. The minimum atomic E-state index is -0.122. The van der Waals surface area contributed by atoms with Crippen LogP contribution in [0.4, 0.5) is 4.39 Å². The number of hydrogen-bond donors (Lipinski definition) is 0. The summed E-state index contributed by atoms with van der Waals surface area (Å²) in [5.41, 5.74) is 2.54. The molecular formula is C21H25FN2. The van der Waals surface area contributed by atoms with Crippen LogP contribution in [0, 0.1) is 17.7 Å². The van der Waals surface area contributed by atoms with E-state index >= 15 is 0 Å². The van der Waals surface area contributed by atoms with Gasteiger partial charge in [-0.15, -0.1) is 0 Å². The van der Waals surface area contributed by atoms with Gasteiger partial charge >= 0.3 is 0 Å². The average molecular weight is 324 g/mol. The zero-order valence-corrected chi connectivity index (χ0v) is 14.2. The smallest absolute Gasteiger partial charge is 0.123 e. The lowest BCUT2D eigenvalue weighted by Gasteiger charge is -2.27. The van der Waals surface area contributed by atoms with Crippen molar-refractivity contribution in [1.29, 1.82) is 0 Å². The average Bonchev–Trinajstić information content (AvgIpc) is 3.09. The Balaban J connectivity index is 1.43. The Morgan fingerprint density at radius 1 is 1.00 bits per heavy atom. The van der Waals surface area contributed by atoms with Crippen molar-refractivity contribution in [3.05, 3.63) is 71.5 Å².